The normalized spacial score (nSPS) is 16.8. The van der Waals surface area contributed by atoms with Crippen LogP contribution in [0.2, 0.25) is 0 Å². The van der Waals surface area contributed by atoms with E-state index in [1.165, 1.54) is 16.1 Å². The van der Waals surface area contributed by atoms with E-state index in [2.05, 4.69) is 31.3 Å². The molecule has 1 saturated heterocycles. The Kier molecular flexibility index (Phi) is 5.41. The van der Waals surface area contributed by atoms with Gasteiger partial charge in [-0.1, -0.05) is 26.0 Å². The molecule has 1 aromatic rings. The van der Waals surface area contributed by atoms with Gasteiger partial charge in [0, 0.05) is 31.9 Å². The molecule has 1 N–H and O–H groups in total. The van der Waals surface area contributed by atoms with Crippen molar-refractivity contribution in [2.24, 2.45) is 0 Å². The van der Waals surface area contributed by atoms with Crippen LogP contribution in [0, 0.1) is 0 Å². The van der Waals surface area contributed by atoms with Gasteiger partial charge in [0.25, 0.3) is 0 Å². The van der Waals surface area contributed by atoms with Crippen molar-refractivity contribution in [2.45, 2.75) is 19.8 Å². The third-order valence-corrected chi connectivity index (χ3v) is 5.49. The minimum atomic E-state index is -3.10. The van der Waals surface area contributed by atoms with Gasteiger partial charge in [-0.3, -0.25) is 0 Å². The number of nitrogens with one attached hydrogen (secondary N) is 1. The van der Waals surface area contributed by atoms with E-state index in [1.807, 2.05) is 17.0 Å². The second kappa shape index (κ2) is 6.93. The lowest BCUT2D eigenvalue weighted by molar-refractivity contribution is 0.270. The second-order valence-electron chi connectivity index (χ2n) is 5.86. The maximum atomic E-state index is 11.5. The lowest BCUT2D eigenvalue weighted by Gasteiger charge is -2.34. The Morgan fingerprint density at radius 1 is 1.14 bits per heavy atom. The van der Waals surface area contributed by atoms with E-state index in [0.29, 0.717) is 37.2 Å². The number of anilines is 1. The Balaban J connectivity index is 1.91. The predicted octanol–water partition coefficient (Wildman–Crippen LogP) is 2.08. The number of rotatable bonds is 3. The van der Waals surface area contributed by atoms with E-state index in [9.17, 15) is 8.42 Å². The van der Waals surface area contributed by atoms with Crippen molar-refractivity contribution in [2.75, 3.05) is 37.8 Å². The summed E-state index contributed by atoms with van der Waals surface area (Å²) in [5.74, 6) is 0.505. The molecule has 0 radical (unpaired) electrons. The van der Waals surface area contributed by atoms with Crippen LogP contribution in [0.25, 0.3) is 0 Å². The fourth-order valence-corrected chi connectivity index (χ4v) is 3.50. The molecule has 1 aliphatic rings. The molecule has 1 aromatic carbocycles. The third kappa shape index (κ3) is 4.41. The van der Waals surface area contributed by atoms with Gasteiger partial charge in [-0.2, -0.15) is 4.31 Å². The molecule has 1 fully saturated rings. The summed E-state index contributed by atoms with van der Waals surface area (Å²) in [6, 6.07) is 8.23. The predicted molar refractivity (Wildman–Crippen MR) is 94.7 cm³/mol. The number of piperazine rings is 1. The van der Waals surface area contributed by atoms with Gasteiger partial charge >= 0.3 is 0 Å². The molecule has 1 heterocycles. The van der Waals surface area contributed by atoms with Crippen LogP contribution in [-0.4, -0.2) is 55.2 Å². The van der Waals surface area contributed by atoms with E-state index in [-0.39, 0.29) is 0 Å². The van der Waals surface area contributed by atoms with Crippen molar-refractivity contribution in [3.8, 4) is 0 Å². The highest BCUT2D eigenvalue weighted by molar-refractivity contribution is 7.88. The Morgan fingerprint density at radius 2 is 1.68 bits per heavy atom. The molecule has 0 unspecified atom stereocenters. The Hall–Kier alpha value is -1.18. The summed E-state index contributed by atoms with van der Waals surface area (Å²) in [4.78, 5) is 2.01. The molecule has 1 aliphatic heterocycles. The molecule has 5 nitrogen and oxygen atoms in total. The number of hydrogen-bond acceptors (Lipinski definition) is 3. The first-order chi connectivity index (χ1) is 10.3. The maximum Gasteiger partial charge on any atom is 0.211 e. The fraction of sp³-hybridized carbons (Fsp3) is 0.533. The largest absolute Gasteiger partial charge is 0.346 e. The summed E-state index contributed by atoms with van der Waals surface area (Å²) in [7, 11) is -3.10. The third-order valence-electron chi connectivity index (χ3n) is 3.82. The van der Waals surface area contributed by atoms with Gasteiger partial charge in [0.15, 0.2) is 5.11 Å². The quantitative estimate of drug-likeness (QED) is 0.853. The van der Waals surface area contributed by atoms with Crippen LogP contribution in [0.4, 0.5) is 5.69 Å². The van der Waals surface area contributed by atoms with Gasteiger partial charge in [0.1, 0.15) is 0 Å². The van der Waals surface area contributed by atoms with Crippen molar-refractivity contribution in [3.05, 3.63) is 29.8 Å². The monoisotopic (exact) mass is 341 g/mol. The molecule has 0 saturated carbocycles. The van der Waals surface area contributed by atoms with Crippen molar-refractivity contribution in [3.63, 3.8) is 0 Å². The van der Waals surface area contributed by atoms with Crippen LogP contribution < -0.4 is 5.32 Å². The van der Waals surface area contributed by atoms with Crippen LogP contribution >= 0.6 is 12.2 Å². The number of sulfonamides is 1. The molecule has 0 amide bonds. The smallest absolute Gasteiger partial charge is 0.211 e. The van der Waals surface area contributed by atoms with Crippen LogP contribution in [0.15, 0.2) is 24.3 Å². The minimum Gasteiger partial charge on any atom is -0.346 e. The number of nitrogens with zero attached hydrogens (tertiary/aromatic N) is 2. The van der Waals surface area contributed by atoms with Crippen molar-refractivity contribution in [1.29, 1.82) is 0 Å². The molecule has 0 spiro atoms. The zero-order valence-corrected chi connectivity index (χ0v) is 14.9. The maximum absolute atomic E-state index is 11.5. The van der Waals surface area contributed by atoms with E-state index < -0.39 is 10.0 Å². The highest BCUT2D eigenvalue weighted by atomic mass is 32.2. The first-order valence-electron chi connectivity index (χ1n) is 7.38. The lowest BCUT2D eigenvalue weighted by atomic mass is 10.0. The summed E-state index contributed by atoms with van der Waals surface area (Å²) in [5.41, 5.74) is 2.25. The molecule has 0 aromatic heterocycles. The summed E-state index contributed by atoms with van der Waals surface area (Å²) >= 11 is 5.42. The van der Waals surface area contributed by atoms with E-state index >= 15 is 0 Å². The Labute approximate surface area is 138 Å². The summed E-state index contributed by atoms with van der Waals surface area (Å²) in [5, 5.41) is 3.86. The summed E-state index contributed by atoms with van der Waals surface area (Å²) in [6.45, 7) is 6.51. The van der Waals surface area contributed by atoms with Gasteiger partial charge in [-0.15, -0.1) is 0 Å². The summed E-state index contributed by atoms with van der Waals surface area (Å²) in [6.07, 6.45) is 1.25. The van der Waals surface area contributed by atoms with Crippen LogP contribution in [-0.2, 0) is 10.0 Å². The van der Waals surface area contributed by atoms with E-state index in [1.54, 1.807) is 0 Å². The Morgan fingerprint density at radius 3 is 2.14 bits per heavy atom. The average Bonchev–Trinajstić information content (AvgIpc) is 2.47. The van der Waals surface area contributed by atoms with Crippen molar-refractivity contribution in [1.82, 2.24) is 9.21 Å². The van der Waals surface area contributed by atoms with Gasteiger partial charge in [-0.05, 0) is 35.8 Å². The Bertz CT molecular complexity index is 619. The highest BCUT2D eigenvalue weighted by Crippen LogP contribution is 2.17. The molecular formula is C15H23N3O2S2. The van der Waals surface area contributed by atoms with Gasteiger partial charge < -0.3 is 10.2 Å². The van der Waals surface area contributed by atoms with Gasteiger partial charge in [-0.25, -0.2) is 8.42 Å². The SMILES string of the molecule is CC(C)c1ccc(NC(=S)N2CCN(S(C)(=O)=O)CC2)cc1. The number of hydrogen-bond donors (Lipinski definition) is 1. The van der Waals surface area contributed by atoms with Crippen LogP contribution in [0.5, 0.6) is 0 Å². The molecule has 22 heavy (non-hydrogen) atoms. The molecule has 2 rings (SSSR count). The average molecular weight is 342 g/mol. The zero-order valence-electron chi connectivity index (χ0n) is 13.2. The fourth-order valence-electron chi connectivity index (χ4n) is 2.38. The molecule has 0 bridgehead atoms. The zero-order chi connectivity index (χ0) is 16.3. The molecule has 7 heteroatoms. The first-order valence-corrected chi connectivity index (χ1v) is 9.64. The summed E-state index contributed by atoms with van der Waals surface area (Å²) < 4.78 is 24.5. The minimum absolute atomic E-state index is 0.479. The highest BCUT2D eigenvalue weighted by Gasteiger charge is 2.24. The molecular weight excluding hydrogens is 318 g/mol. The molecule has 0 atom stereocenters. The first kappa shape index (κ1) is 17.2. The van der Waals surface area contributed by atoms with Crippen molar-refractivity contribution >= 4 is 33.0 Å². The van der Waals surface area contributed by atoms with Crippen LogP contribution in [0.3, 0.4) is 0 Å². The second-order valence-corrected chi connectivity index (χ2v) is 8.23. The number of thiocarbonyl (C=S) groups is 1. The van der Waals surface area contributed by atoms with E-state index in [4.69, 9.17) is 12.2 Å². The van der Waals surface area contributed by atoms with Gasteiger partial charge in [0.05, 0.1) is 6.26 Å². The van der Waals surface area contributed by atoms with Crippen LogP contribution in [0.1, 0.15) is 25.3 Å². The van der Waals surface area contributed by atoms with Gasteiger partial charge in [0.2, 0.25) is 10.0 Å². The lowest BCUT2D eigenvalue weighted by Crippen LogP contribution is -2.51. The molecule has 0 aliphatic carbocycles. The molecule has 122 valence electrons. The topological polar surface area (TPSA) is 52.6 Å². The number of benzene rings is 1. The van der Waals surface area contributed by atoms with E-state index in [0.717, 1.165) is 5.69 Å². The standard InChI is InChI=1S/C15H23N3O2S2/c1-12(2)13-4-6-14(7-5-13)16-15(21)17-8-10-18(11-9-17)22(3,19)20/h4-7,12H,8-11H2,1-3H3,(H,16,21). The van der Waals surface area contributed by atoms with Crippen molar-refractivity contribution < 1.29 is 8.42 Å².